The van der Waals surface area contributed by atoms with Gasteiger partial charge < -0.3 is 19.3 Å². The smallest absolute Gasteiger partial charge is 0.277 e. The zero-order chi connectivity index (χ0) is 18.7. The first-order valence-corrected chi connectivity index (χ1v) is 8.23. The molecule has 2 aromatic carbocycles. The van der Waals surface area contributed by atoms with E-state index in [0.717, 1.165) is 5.56 Å². The van der Waals surface area contributed by atoms with Crippen LogP contribution in [0.3, 0.4) is 0 Å². The first kappa shape index (κ1) is 18.1. The first-order chi connectivity index (χ1) is 12.5. The van der Waals surface area contributed by atoms with Gasteiger partial charge in [-0.2, -0.15) is 0 Å². The molecule has 3 aromatic rings. The molecule has 1 heterocycles. The van der Waals surface area contributed by atoms with E-state index in [-0.39, 0.29) is 5.69 Å². The van der Waals surface area contributed by atoms with E-state index in [0.29, 0.717) is 33.0 Å². The third-order valence-electron chi connectivity index (χ3n) is 3.59. The Morgan fingerprint density at radius 2 is 1.73 bits per heavy atom. The summed E-state index contributed by atoms with van der Waals surface area (Å²) < 4.78 is 15.6. The molecule has 134 valence electrons. The van der Waals surface area contributed by atoms with Gasteiger partial charge in [-0.1, -0.05) is 28.4 Å². The molecule has 1 amide bonds. The summed E-state index contributed by atoms with van der Waals surface area (Å²) in [4.78, 5) is 12.5. The first-order valence-electron chi connectivity index (χ1n) is 7.47. The van der Waals surface area contributed by atoms with Crippen LogP contribution in [0, 0.1) is 0 Å². The molecule has 0 saturated carbocycles. The number of carbonyl (C=O) groups excluding carboxylic acids is 1. The lowest BCUT2D eigenvalue weighted by Crippen LogP contribution is -2.13. The number of amides is 1. The van der Waals surface area contributed by atoms with Gasteiger partial charge in [-0.25, -0.2) is 0 Å². The number of anilines is 1. The number of carbonyl (C=O) groups is 1. The Morgan fingerprint density at radius 3 is 2.38 bits per heavy atom. The fourth-order valence-corrected chi connectivity index (χ4v) is 2.63. The van der Waals surface area contributed by atoms with E-state index in [2.05, 4.69) is 10.5 Å². The summed E-state index contributed by atoms with van der Waals surface area (Å²) in [7, 11) is 2.96. The third kappa shape index (κ3) is 3.76. The highest BCUT2D eigenvalue weighted by Crippen LogP contribution is 2.36. The molecule has 0 spiro atoms. The number of methoxy groups -OCH3 is 2. The summed E-state index contributed by atoms with van der Waals surface area (Å²) in [5.41, 5.74) is 1.27. The van der Waals surface area contributed by atoms with E-state index in [4.69, 9.17) is 37.2 Å². The second-order valence-corrected chi connectivity index (χ2v) is 6.07. The minimum atomic E-state index is -0.461. The maximum absolute atomic E-state index is 12.5. The molecule has 0 atom stereocenters. The van der Waals surface area contributed by atoms with Crippen molar-refractivity contribution in [1.82, 2.24) is 5.16 Å². The molecule has 6 nitrogen and oxygen atoms in total. The summed E-state index contributed by atoms with van der Waals surface area (Å²) in [5, 5.41) is 7.49. The Hall–Kier alpha value is -2.70. The van der Waals surface area contributed by atoms with Gasteiger partial charge in [0.25, 0.3) is 5.91 Å². The Morgan fingerprint density at radius 1 is 1.04 bits per heavy atom. The normalized spacial score (nSPS) is 10.5. The van der Waals surface area contributed by atoms with Crippen LogP contribution in [0.2, 0.25) is 10.0 Å². The lowest BCUT2D eigenvalue weighted by Gasteiger charge is -2.12. The Balaban J connectivity index is 1.84. The lowest BCUT2D eigenvalue weighted by atomic mass is 10.1. The summed E-state index contributed by atoms with van der Waals surface area (Å²) >= 11 is 11.9. The number of benzene rings is 2. The standard InChI is InChI=1S/C18H14Cl2N2O4/c1-24-16-8-13(17(25-2)7-12(16)20)21-18(23)14-9-15(26-22-14)10-3-5-11(19)6-4-10/h3-9H,1-2H3,(H,21,23). The van der Waals surface area contributed by atoms with E-state index >= 15 is 0 Å². The number of nitrogens with zero attached hydrogens (tertiary/aromatic N) is 1. The summed E-state index contributed by atoms with van der Waals surface area (Å²) in [5.74, 6) is 0.791. The van der Waals surface area contributed by atoms with Crippen molar-refractivity contribution < 1.29 is 18.8 Å². The number of hydrogen-bond acceptors (Lipinski definition) is 5. The van der Waals surface area contributed by atoms with Gasteiger partial charge in [-0.3, -0.25) is 4.79 Å². The molecule has 0 bridgehead atoms. The van der Waals surface area contributed by atoms with Crippen molar-refractivity contribution >= 4 is 34.8 Å². The number of ether oxygens (including phenoxy) is 2. The van der Waals surface area contributed by atoms with Crippen LogP contribution >= 0.6 is 23.2 Å². The molecule has 3 rings (SSSR count). The van der Waals surface area contributed by atoms with Gasteiger partial charge in [0.1, 0.15) is 11.5 Å². The molecule has 8 heteroatoms. The van der Waals surface area contributed by atoms with Crippen LogP contribution in [0.25, 0.3) is 11.3 Å². The van der Waals surface area contributed by atoms with Crippen molar-refractivity contribution in [3.8, 4) is 22.8 Å². The predicted octanol–water partition coefficient (Wildman–Crippen LogP) is 4.92. The fraction of sp³-hybridized carbons (Fsp3) is 0.111. The second kappa shape index (κ2) is 7.68. The molecule has 1 N–H and O–H groups in total. The quantitative estimate of drug-likeness (QED) is 0.666. The van der Waals surface area contributed by atoms with Crippen molar-refractivity contribution in [2.75, 3.05) is 19.5 Å². The number of aromatic nitrogens is 1. The van der Waals surface area contributed by atoms with Crippen molar-refractivity contribution in [2.24, 2.45) is 0 Å². The zero-order valence-electron chi connectivity index (χ0n) is 13.9. The highest BCUT2D eigenvalue weighted by atomic mass is 35.5. The molecule has 0 unspecified atom stereocenters. The van der Waals surface area contributed by atoms with Crippen LogP contribution in [0.4, 0.5) is 5.69 Å². The topological polar surface area (TPSA) is 73.6 Å². The summed E-state index contributed by atoms with van der Waals surface area (Å²) in [6, 6.07) is 11.7. The van der Waals surface area contributed by atoms with Gasteiger partial charge in [-0.05, 0) is 24.3 Å². The molecule has 0 aliphatic rings. The number of nitrogens with one attached hydrogen (secondary N) is 1. The van der Waals surface area contributed by atoms with Crippen LogP contribution in [0.5, 0.6) is 11.5 Å². The van der Waals surface area contributed by atoms with Crippen LogP contribution in [-0.4, -0.2) is 25.3 Å². The van der Waals surface area contributed by atoms with Crippen molar-refractivity contribution in [2.45, 2.75) is 0 Å². The van der Waals surface area contributed by atoms with Crippen molar-refractivity contribution in [3.63, 3.8) is 0 Å². The largest absolute Gasteiger partial charge is 0.495 e. The Bertz CT molecular complexity index is 939. The van der Waals surface area contributed by atoms with Gasteiger partial charge in [0, 0.05) is 28.8 Å². The minimum Gasteiger partial charge on any atom is -0.495 e. The van der Waals surface area contributed by atoms with Crippen LogP contribution in [0.1, 0.15) is 10.5 Å². The van der Waals surface area contributed by atoms with Gasteiger partial charge in [0.15, 0.2) is 11.5 Å². The molecule has 1 aromatic heterocycles. The lowest BCUT2D eigenvalue weighted by molar-refractivity contribution is 0.101. The van der Waals surface area contributed by atoms with E-state index in [1.165, 1.54) is 20.3 Å². The zero-order valence-corrected chi connectivity index (χ0v) is 15.4. The van der Waals surface area contributed by atoms with Gasteiger partial charge in [0.05, 0.1) is 24.9 Å². The van der Waals surface area contributed by atoms with Crippen LogP contribution in [0.15, 0.2) is 47.0 Å². The highest BCUT2D eigenvalue weighted by Gasteiger charge is 2.17. The molecule has 0 fully saturated rings. The molecule has 0 saturated heterocycles. The monoisotopic (exact) mass is 392 g/mol. The molecular weight excluding hydrogens is 379 g/mol. The molecule has 0 aliphatic heterocycles. The van der Waals surface area contributed by atoms with E-state index in [1.54, 1.807) is 36.4 Å². The third-order valence-corrected chi connectivity index (χ3v) is 4.14. The van der Waals surface area contributed by atoms with Gasteiger partial charge in [-0.15, -0.1) is 0 Å². The number of halogens is 2. The predicted molar refractivity (Wildman–Crippen MR) is 99.5 cm³/mol. The maximum atomic E-state index is 12.5. The van der Waals surface area contributed by atoms with E-state index in [1.807, 2.05) is 0 Å². The van der Waals surface area contributed by atoms with Crippen LogP contribution in [-0.2, 0) is 0 Å². The average Bonchev–Trinajstić information content (AvgIpc) is 3.13. The maximum Gasteiger partial charge on any atom is 0.277 e. The van der Waals surface area contributed by atoms with Crippen molar-refractivity contribution in [1.29, 1.82) is 0 Å². The molecular formula is C18H14Cl2N2O4. The SMILES string of the molecule is COc1cc(NC(=O)c2cc(-c3ccc(Cl)cc3)on2)c(OC)cc1Cl. The molecule has 26 heavy (non-hydrogen) atoms. The highest BCUT2D eigenvalue weighted by molar-refractivity contribution is 6.32. The summed E-state index contributed by atoms with van der Waals surface area (Å²) in [6.45, 7) is 0. The fourth-order valence-electron chi connectivity index (χ4n) is 2.28. The van der Waals surface area contributed by atoms with Crippen molar-refractivity contribution in [3.05, 3.63) is 58.2 Å². The van der Waals surface area contributed by atoms with E-state index in [9.17, 15) is 4.79 Å². The van der Waals surface area contributed by atoms with Crippen LogP contribution < -0.4 is 14.8 Å². The average molecular weight is 393 g/mol. The minimum absolute atomic E-state index is 0.117. The molecule has 0 radical (unpaired) electrons. The van der Waals surface area contributed by atoms with Gasteiger partial charge in [0.2, 0.25) is 0 Å². The molecule has 0 aliphatic carbocycles. The second-order valence-electron chi connectivity index (χ2n) is 5.22. The van der Waals surface area contributed by atoms with E-state index < -0.39 is 5.91 Å². The summed E-state index contributed by atoms with van der Waals surface area (Å²) in [6.07, 6.45) is 0. The Kier molecular flexibility index (Phi) is 5.35. The van der Waals surface area contributed by atoms with Gasteiger partial charge >= 0.3 is 0 Å². The number of rotatable bonds is 5. The number of hydrogen-bond donors (Lipinski definition) is 1. The Labute approximate surface area is 159 Å².